The smallest absolute Gasteiger partial charge is 0.125 e. The largest absolute Gasteiger partial charge is 0.285 e. The summed E-state index contributed by atoms with van der Waals surface area (Å²) in [6.45, 7) is 0. The maximum absolute atomic E-state index is 5.88. The van der Waals surface area contributed by atoms with Gasteiger partial charge in [0.05, 0.1) is 10.0 Å². The van der Waals surface area contributed by atoms with Gasteiger partial charge in [0.1, 0.15) is 5.69 Å². The summed E-state index contributed by atoms with van der Waals surface area (Å²) in [6, 6.07) is 3.14. The van der Waals surface area contributed by atoms with Gasteiger partial charge in [-0.25, -0.2) is 0 Å². The summed E-state index contributed by atoms with van der Waals surface area (Å²) in [6.07, 6.45) is 0. The molecule has 6 heteroatoms. The third kappa shape index (κ3) is 3.01. The lowest BCUT2D eigenvalue weighted by atomic mass is 10.3. The molecule has 0 aliphatic heterocycles. The van der Waals surface area contributed by atoms with Gasteiger partial charge in [0, 0.05) is 19.1 Å². The van der Waals surface area contributed by atoms with Crippen molar-refractivity contribution in [3.05, 3.63) is 27.2 Å². The minimum atomic E-state index is 0.383. The van der Waals surface area contributed by atoms with Crippen LogP contribution >= 0.6 is 34.8 Å². The highest BCUT2D eigenvalue weighted by atomic mass is 35.5. The summed E-state index contributed by atoms with van der Waals surface area (Å²) < 4.78 is 0. The second kappa shape index (κ2) is 4.82. The molecule has 0 aliphatic rings. The number of nitrogens with zero attached hydrogens (tertiary/aromatic N) is 3. The zero-order valence-electron chi connectivity index (χ0n) is 7.63. The highest BCUT2D eigenvalue weighted by Crippen LogP contribution is 2.36. The lowest BCUT2D eigenvalue weighted by molar-refractivity contribution is 0.408. The number of halogens is 3. The van der Waals surface area contributed by atoms with Crippen molar-refractivity contribution in [2.24, 2.45) is 10.3 Å². The molecule has 76 valence electrons. The van der Waals surface area contributed by atoms with Gasteiger partial charge in [-0.2, -0.15) is 0 Å². The van der Waals surface area contributed by atoms with Gasteiger partial charge >= 0.3 is 0 Å². The van der Waals surface area contributed by atoms with Crippen LogP contribution in [-0.2, 0) is 0 Å². The molecule has 0 heterocycles. The Morgan fingerprint density at radius 2 is 1.57 bits per heavy atom. The van der Waals surface area contributed by atoms with Crippen LogP contribution in [0.15, 0.2) is 22.5 Å². The molecule has 14 heavy (non-hydrogen) atoms. The zero-order valence-corrected chi connectivity index (χ0v) is 9.90. The fraction of sp³-hybridized carbons (Fsp3) is 0.250. The van der Waals surface area contributed by atoms with E-state index in [9.17, 15) is 0 Å². The number of hydrogen-bond acceptors (Lipinski definition) is 2. The van der Waals surface area contributed by atoms with Gasteiger partial charge in [0.2, 0.25) is 0 Å². The first kappa shape index (κ1) is 11.6. The van der Waals surface area contributed by atoms with E-state index in [4.69, 9.17) is 34.8 Å². The molecular weight excluding hydrogens is 244 g/mol. The molecule has 1 aromatic rings. The van der Waals surface area contributed by atoms with Crippen molar-refractivity contribution in [1.82, 2.24) is 5.01 Å². The third-order valence-electron chi connectivity index (χ3n) is 1.31. The van der Waals surface area contributed by atoms with E-state index >= 15 is 0 Å². The Morgan fingerprint density at radius 1 is 1.07 bits per heavy atom. The molecule has 3 nitrogen and oxygen atoms in total. The first-order valence-corrected chi connectivity index (χ1v) is 4.87. The van der Waals surface area contributed by atoms with Gasteiger partial charge in [-0.05, 0) is 12.1 Å². The average Bonchev–Trinajstić information content (AvgIpc) is 2.01. The van der Waals surface area contributed by atoms with Gasteiger partial charge < -0.3 is 0 Å². The van der Waals surface area contributed by atoms with Crippen molar-refractivity contribution in [2.45, 2.75) is 0 Å². The number of hydrogen-bond donors (Lipinski definition) is 0. The van der Waals surface area contributed by atoms with Crippen LogP contribution in [0.3, 0.4) is 0 Å². The maximum Gasteiger partial charge on any atom is 0.125 e. The van der Waals surface area contributed by atoms with Crippen LogP contribution in [0.1, 0.15) is 0 Å². The normalized spacial score (nSPS) is 10.9. The van der Waals surface area contributed by atoms with Crippen molar-refractivity contribution < 1.29 is 0 Å². The van der Waals surface area contributed by atoms with E-state index in [0.29, 0.717) is 20.8 Å². The quantitative estimate of drug-likeness (QED) is 0.572. The van der Waals surface area contributed by atoms with Crippen LogP contribution in [0, 0.1) is 0 Å². The highest BCUT2D eigenvalue weighted by Gasteiger charge is 2.06. The highest BCUT2D eigenvalue weighted by molar-refractivity contribution is 6.41. The Kier molecular flexibility index (Phi) is 3.98. The topological polar surface area (TPSA) is 28.0 Å². The van der Waals surface area contributed by atoms with Crippen LogP contribution < -0.4 is 0 Å². The summed E-state index contributed by atoms with van der Waals surface area (Å²) in [7, 11) is 3.50. The molecule has 0 aromatic heterocycles. The lowest BCUT2D eigenvalue weighted by Crippen LogP contribution is -1.98. The second-order valence-corrected chi connectivity index (χ2v) is 4.01. The molecule has 0 fully saturated rings. The molecule has 0 N–H and O–H groups in total. The second-order valence-electron chi connectivity index (χ2n) is 2.75. The lowest BCUT2D eigenvalue weighted by Gasteiger charge is -2.03. The Hall–Kier alpha value is -0.510. The van der Waals surface area contributed by atoms with Crippen LogP contribution in [-0.4, -0.2) is 19.1 Å². The molecule has 0 bridgehead atoms. The van der Waals surface area contributed by atoms with Crippen LogP contribution in [0.2, 0.25) is 15.1 Å². The van der Waals surface area contributed by atoms with Gasteiger partial charge in [-0.15, -0.1) is 5.11 Å². The molecule has 1 aromatic carbocycles. The Bertz CT molecular complexity index is 340. The molecular formula is C8H8Cl3N3. The summed E-state index contributed by atoms with van der Waals surface area (Å²) in [4.78, 5) is 0. The van der Waals surface area contributed by atoms with E-state index in [2.05, 4.69) is 10.3 Å². The molecule has 0 atom stereocenters. The first-order chi connectivity index (χ1) is 6.50. The minimum absolute atomic E-state index is 0.383. The van der Waals surface area contributed by atoms with E-state index < -0.39 is 0 Å². The maximum atomic E-state index is 5.88. The molecule has 1 rings (SSSR count). The van der Waals surface area contributed by atoms with Gasteiger partial charge in [0.15, 0.2) is 0 Å². The average molecular weight is 253 g/mol. The zero-order chi connectivity index (χ0) is 10.7. The Morgan fingerprint density at radius 3 is 2.00 bits per heavy atom. The van der Waals surface area contributed by atoms with E-state index in [1.54, 1.807) is 31.2 Å². The third-order valence-corrected chi connectivity index (χ3v) is 2.10. The van der Waals surface area contributed by atoms with Crippen LogP contribution in [0.25, 0.3) is 0 Å². The Labute approximate surface area is 97.2 Å². The molecule has 0 radical (unpaired) electrons. The van der Waals surface area contributed by atoms with E-state index in [-0.39, 0.29) is 0 Å². The van der Waals surface area contributed by atoms with Crippen molar-refractivity contribution in [1.29, 1.82) is 0 Å². The van der Waals surface area contributed by atoms with Crippen LogP contribution in [0.5, 0.6) is 0 Å². The Balaban J connectivity index is 3.09. The summed E-state index contributed by atoms with van der Waals surface area (Å²) >= 11 is 17.5. The van der Waals surface area contributed by atoms with Crippen LogP contribution in [0.4, 0.5) is 5.69 Å². The summed E-state index contributed by atoms with van der Waals surface area (Å²) in [5.41, 5.74) is 0.423. The van der Waals surface area contributed by atoms with Gasteiger partial charge in [0.25, 0.3) is 0 Å². The fourth-order valence-electron chi connectivity index (χ4n) is 0.764. The number of benzene rings is 1. The monoisotopic (exact) mass is 251 g/mol. The SMILES string of the molecule is CN(C)N=Nc1c(Cl)cc(Cl)cc1Cl. The first-order valence-electron chi connectivity index (χ1n) is 3.74. The number of rotatable bonds is 2. The molecule has 0 saturated heterocycles. The van der Waals surface area contributed by atoms with Crippen molar-refractivity contribution in [2.75, 3.05) is 14.1 Å². The van der Waals surface area contributed by atoms with E-state index in [0.717, 1.165) is 0 Å². The molecule has 0 spiro atoms. The molecule has 0 saturated carbocycles. The van der Waals surface area contributed by atoms with Gasteiger partial charge in [-0.1, -0.05) is 40.0 Å². The predicted molar refractivity (Wildman–Crippen MR) is 59.7 cm³/mol. The molecule has 0 aliphatic carbocycles. The summed E-state index contributed by atoms with van der Waals surface area (Å²) in [5.74, 6) is 0. The molecule has 0 amide bonds. The minimum Gasteiger partial charge on any atom is -0.285 e. The predicted octanol–water partition coefficient (Wildman–Crippen LogP) is 4.21. The van der Waals surface area contributed by atoms with Gasteiger partial charge in [-0.3, -0.25) is 5.01 Å². The fourth-order valence-corrected chi connectivity index (χ4v) is 1.66. The van der Waals surface area contributed by atoms with E-state index in [1.807, 2.05) is 0 Å². The van der Waals surface area contributed by atoms with Crippen molar-refractivity contribution in [3.8, 4) is 0 Å². The molecule has 0 unspecified atom stereocenters. The van der Waals surface area contributed by atoms with Crippen molar-refractivity contribution >= 4 is 40.5 Å². The van der Waals surface area contributed by atoms with Crippen molar-refractivity contribution in [3.63, 3.8) is 0 Å². The standard InChI is InChI=1S/C8H8Cl3N3/c1-14(2)13-12-8-6(10)3-5(9)4-7(8)11/h3-4H,1-2H3. The van der Waals surface area contributed by atoms with E-state index in [1.165, 1.54) is 0 Å². The summed E-state index contributed by atoms with van der Waals surface area (Å²) in [5, 5.41) is 10.5.